The minimum absolute atomic E-state index is 0.588. The molecular weight excluding hydrogens is 234 g/mol. The molecule has 1 aromatic carbocycles. The molecule has 0 spiro atoms. The first-order valence-electron chi connectivity index (χ1n) is 6.74. The van der Waals surface area contributed by atoms with E-state index < -0.39 is 0 Å². The highest BCUT2D eigenvalue weighted by molar-refractivity contribution is 5.18. The maximum atomic E-state index is 4.30. The van der Waals surface area contributed by atoms with Crippen LogP contribution in [-0.2, 0) is 6.54 Å². The largest absolute Gasteiger partial charge is 0.300 e. The van der Waals surface area contributed by atoms with E-state index in [1.165, 1.54) is 5.56 Å². The summed E-state index contributed by atoms with van der Waals surface area (Å²) in [5.74, 6) is 0.588. The summed E-state index contributed by atoms with van der Waals surface area (Å²) in [5, 5.41) is 0. The highest BCUT2D eigenvalue weighted by Gasteiger charge is 2.07. The van der Waals surface area contributed by atoms with Crippen LogP contribution in [0.1, 0.15) is 30.5 Å². The Hall–Kier alpha value is -1.74. The summed E-state index contributed by atoms with van der Waals surface area (Å²) in [6.45, 7) is 4.20. The number of nitrogens with zero attached hydrogens (tertiary/aromatic N) is 3. The van der Waals surface area contributed by atoms with Crippen molar-refractivity contribution in [3.8, 4) is 0 Å². The SMILES string of the molecule is C[C@@H](CCN(C)Cc1cnccn1)c1ccccc1. The summed E-state index contributed by atoms with van der Waals surface area (Å²) in [6.07, 6.45) is 6.44. The van der Waals surface area contributed by atoms with Gasteiger partial charge in [-0.15, -0.1) is 0 Å². The van der Waals surface area contributed by atoms with Gasteiger partial charge < -0.3 is 4.90 Å². The fraction of sp³-hybridized carbons (Fsp3) is 0.375. The Balaban J connectivity index is 1.79. The second kappa shape index (κ2) is 7.00. The molecule has 2 aromatic rings. The minimum Gasteiger partial charge on any atom is -0.300 e. The Morgan fingerprint density at radius 3 is 2.63 bits per heavy atom. The Kier molecular flexibility index (Phi) is 5.04. The molecule has 19 heavy (non-hydrogen) atoms. The van der Waals surface area contributed by atoms with Gasteiger partial charge in [0.05, 0.1) is 5.69 Å². The summed E-state index contributed by atoms with van der Waals surface area (Å²) < 4.78 is 0. The average Bonchev–Trinajstić information content (AvgIpc) is 2.47. The quantitative estimate of drug-likeness (QED) is 0.794. The van der Waals surface area contributed by atoms with E-state index in [-0.39, 0.29) is 0 Å². The van der Waals surface area contributed by atoms with Crippen molar-refractivity contribution < 1.29 is 0 Å². The molecule has 0 aliphatic heterocycles. The monoisotopic (exact) mass is 255 g/mol. The van der Waals surface area contributed by atoms with Gasteiger partial charge in [0.1, 0.15) is 0 Å². The van der Waals surface area contributed by atoms with E-state index in [1.54, 1.807) is 12.4 Å². The van der Waals surface area contributed by atoms with Crippen LogP contribution in [0.3, 0.4) is 0 Å². The van der Waals surface area contributed by atoms with Gasteiger partial charge in [-0.25, -0.2) is 0 Å². The second-order valence-corrected chi connectivity index (χ2v) is 5.03. The molecule has 0 bridgehead atoms. The zero-order chi connectivity index (χ0) is 13.5. The molecular formula is C16H21N3. The topological polar surface area (TPSA) is 29.0 Å². The second-order valence-electron chi connectivity index (χ2n) is 5.03. The van der Waals surface area contributed by atoms with Crippen LogP contribution >= 0.6 is 0 Å². The van der Waals surface area contributed by atoms with Gasteiger partial charge in [0.2, 0.25) is 0 Å². The van der Waals surface area contributed by atoms with Crippen LogP contribution in [0, 0.1) is 0 Å². The van der Waals surface area contributed by atoms with Gasteiger partial charge in [-0.3, -0.25) is 9.97 Å². The first-order chi connectivity index (χ1) is 9.25. The van der Waals surface area contributed by atoms with Crippen molar-refractivity contribution in [2.75, 3.05) is 13.6 Å². The maximum absolute atomic E-state index is 4.30. The van der Waals surface area contributed by atoms with E-state index in [0.29, 0.717) is 5.92 Å². The van der Waals surface area contributed by atoms with Crippen molar-refractivity contribution in [1.82, 2.24) is 14.9 Å². The minimum atomic E-state index is 0.588. The van der Waals surface area contributed by atoms with Gasteiger partial charge >= 0.3 is 0 Å². The molecule has 0 aliphatic carbocycles. The van der Waals surface area contributed by atoms with Crippen molar-refractivity contribution >= 4 is 0 Å². The summed E-state index contributed by atoms with van der Waals surface area (Å²) in [5.41, 5.74) is 2.44. The van der Waals surface area contributed by atoms with Crippen LogP contribution in [0.15, 0.2) is 48.9 Å². The van der Waals surface area contributed by atoms with Crippen molar-refractivity contribution in [2.24, 2.45) is 0 Å². The van der Waals surface area contributed by atoms with Gasteiger partial charge in [-0.1, -0.05) is 37.3 Å². The third kappa shape index (κ3) is 4.45. The Labute approximate surface area is 115 Å². The zero-order valence-electron chi connectivity index (χ0n) is 11.7. The van der Waals surface area contributed by atoms with Crippen molar-refractivity contribution in [1.29, 1.82) is 0 Å². The summed E-state index contributed by atoms with van der Waals surface area (Å²) in [4.78, 5) is 10.7. The molecule has 2 rings (SSSR count). The van der Waals surface area contributed by atoms with Gasteiger partial charge in [-0.05, 0) is 31.5 Å². The fourth-order valence-corrected chi connectivity index (χ4v) is 2.13. The van der Waals surface area contributed by atoms with E-state index >= 15 is 0 Å². The zero-order valence-corrected chi connectivity index (χ0v) is 11.7. The van der Waals surface area contributed by atoms with Crippen LogP contribution in [0.25, 0.3) is 0 Å². The number of benzene rings is 1. The standard InChI is InChI=1S/C16H21N3/c1-14(15-6-4-3-5-7-15)8-11-19(2)13-16-12-17-9-10-18-16/h3-7,9-10,12,14H,8,11,13H2,1-2H3/t14-/m0/s1. The molecule has 1 aromatic heterocycles. The predicted molar refractivity (Wildman–Crippen MR) is 77.8 cm³/mol. The smallest absolute Gasteiger partial charge is 0.0726 e. The first kappa shape index (κ1) is 13.7. The van der Waals surface area contributed by atoms with Crippen LogP contribution in [0.2, 0.25) is 0 Å². The molecule has 0 amide bonds. The molecule has 0 saturated heterocycles. The molecule has 1 atom stereocenters. The molecule has 0 saturated carbocycles. The van der Waals surface area contributed by atoms with Crippen molar-refractivity contribution in [2.45, 2.75) is 25.8 Å². The Morgan fingerprint density at radius 2 is 1.95 bits per heavy atom. The molecule has 0 radical (unpaired) electrons. The summed E-state index contributed by atoms with van der Waals surface area (Å²) >= 11 is 0. The lowest BCUT2D eigenvalue weighted by molar-refractivity contribution is 0.309. The fourth-order valence-electron chi connectivity index (χ4n) is 2.13. The molecule has 100 valence electrons. The predicted octanol–water partition coefficient (Wildman–Crippen LogP) is 3.10. The lowest BCUT2D eigenvalue weighted by Gasteiger charge is -2.19. The molecule has 0 fully saturated rings. The average molecular weight is 255 g/mol. The van der Waals surface area contributed by atoms with E-state index in [2.05, 4.69) is 59.2 Å². The molecule has 0 aliphatic rings. The summed E-state index contributed by atoms with van der Waals surface area (Å²) in [7, 11) is 2.13. The van der Waals surface area contributed by atoms with Crippen LogP contribution in [0.5, 0.6) is 0 Å². The molecule has 0 unspecified atom stereocenters. The number of hydrogen-bond donors (Lipinski definition) is 0. The number of aromatic nitrogens is 2. The van der Waals surface area contributed by atoms with Crippen LogP contribution in [-0.4, -0.2) is 28.5 Å². The van der Waals surface area contributed by atoms with E-state index in [4.69, 9.17) is 0 Å². The van der Waals surface area contributed by atoms with Crippen LogP contribution < -0.4 is 0 Å². The highest BCUT2D eigenvalue weighted by Crippen LogP contribution is 2.18. The highest BCUT2D eigenvalue weighted by atomic mass is 15.1. The lowest BCUT2D eigenvalue weighted by atomic mass is 9.98. The lowest BCUT2D eigenvalue weighted by Crippen LogP contribution is -2.21. The van der Waals surface area contributed by atoms with Crippen molar-refractivity contribution in [3.05, 3.63) is 60.2 Å². The van der Waals surface area contributed by atoms with E-state index in [0.717, 1.165) is 25.2 Å². The van der Waals surface area contributed by atoms with Gasteiger partial charge in [0.15, 0.2) is 0 Å². The molecule has 0 N–H and O–H groups in total. The van der Waals surface area contributed by atoms with Gasteiger partial charge in [0, 0.05) is 25.1 Å². The Morgan fingerprint density at radius 1 is 1.16 bits per heavy atom. The van der Waals surface area contributed by atoms with E-state index in [1.807, 2.05) is 6.20 Å². The maximum Gasteiger partial charge on any atom is 0.0726 e. The van der Waals surface area contributed by atoms with Gasteiger partial charge in [0.25, 0.3) is 0 Å². The van der Waals surface area contributed by atoms with Gasteiger partial charge in [-0.2, -0.15) is 0 Å². The van der Waals surface area contributed by atoms with Crippen molar-refractivity contribution in [3.63, 3.8) is 0 Å². The number of hydrogen-bond acceptors (Lipinski definition) is 3. The molecule has 3 nitrogen and oxygen atoms in total. The number of rotatable bonds is 6. The molecule has 1 heterocycles. The normalized spacial score (nSPS) is 12.6. The van der Waals surface area contributed by atoms with E-state index in [9.17, 15) is 0 Å². The molecule has 3 heteroatoms. The first-order valence-corrected chi connectivity index (χ1v) is 6.74. The summed E-state index contributed by atoms with van der Waals surface area (Å²) in [6, 6.07) is 10.7. The third-order valence-corrected chi connectivity index (χ3v) is 3.36. The Bertz CT molecular complexity index is 470. The third-order valence-electron chi connectivity index (χ3n) is 3.36. The van der Waals surface area contributed by atoms with Crippen LogP contribution in [0.4, 0.5) is 0 Å².